The van der Waals surface area contributed by atoms with E-state index in [0.717, 1.165) is 87.3 Å². The lowest BCUT2D eigenvalue weighted by Gasteiger charge is -2.29. The van der Waals surface area contributed by atoms with Gasteiger partial charge in [-0.15, -0.1) is 0 Å². The molecular weight excluding hydrogens is 631 g/mol. The van der Waals surface area contributed by atoms with Crippen LogP contribution in [-0.4, -0.2) is 98.3 Å². The van der Waals surface area contributed by atoms with Crippen molar-refractivity contribution in [3.63, 3.8) is 0 Å². The molecule has 1 aliphatic heterocycles. The fraction of sp³-hybridized carbons (Fsp3) is 0.559. The summed E-state index contributed by atoms with van der Waals surface area (Å²) in [6.45, 7) is 8.63. The topological polar surface area (TPSA) is 156 Å². The van der Waals surface area contributed by atoms with E-state index in [1.807, 2.05) is 12.1 Å². The largest absolute Gasteiger partial charge is 0.493 e. The van der Waals surface area contributed by atoms with Crippen molar-refractivity contribution < 1.29 is 42.4 Å². The van der Waals surface area contributed by atoms with Crippen LogP contribution in [0.3, 0.4) is 0 Å². The minimum absolute atomic E-state index is 0.0577. The number of guanidine groups is 1. The maximum atomic E-state index is 12.3. The number of carbonyl (C=O) groups is 2. The van der Waals surface area contributed by atoms with Gasteiger partial charge in [-0.2, -0.15) is 13.2 Å². The second-order valence-corrected chi connectivity index (χ2v) is 11.5. The molecule has 0 bridgehead atoms. The van der Waals surface area contributed by atoms with Crippen LogP contribution in [0, 0.1) is 5.41 Å². The molecule has 6 N–H and O–H groups in total. The van der Waals surface area contributed by atoms with Crippen molar-refractivity contribution in [3.05, 3.63) is 53.6 Å². The van der Waals surface area contributed by atoms with Gasteiger partial charge in [-0.05, 0) is 48.4 Å². The van der Waals surface area contributed by atoms with Gasteiger partial charge in [0.2, 0.25) is 5.91 Å². The molecule has 14 heteroatoms. The Hall–Kier alpha value is -3.72. The van der Waals surface area contributed by atoms with Crippen LogP contribution in [0.2, 0.25) is 0 Å². The Bertz CT molecular complexity index is 1250. The fourth-order valence-corrected chi connectivity index (χ4v) is 4.77. The summed E-state index contributed by atoms with van der Waals surface area (Å²) < 4.78 is 43.1. The Balaban J connectivity index is 0.00000103. The number of hydrogen-bond acceptors (Lipinski definition) is 8. The maximum absolute atomic E-state index is 12.3. The van der Waals surface area contributed by atoms with E-state index in [-0.39, 0.29) is 18.0 Å². The Morgan fingerprint density at radius 1 is 1.02 bits per heavy atom. The van der Waals surface area contributed by atoms with Crippen LogP contribution in [0.1, 0.15) is 56.6 Å². The predicted molar refractivity (Wildman–Crippen MR) is 178 cm³/mol. The molecule has 3 rings (SSSR count). The number of piperidine rings is 1. The average Bonchev–Trinajstić information content (AvgIpc) is 3.05. The molecule has 0 saturated carbocycles. The highest BCUT2D eigenvalue weighted by molar-refractivity contribution is 5.95. The molecule has 11 nitrogen and oxygen atoms in total. The first kappa shape index (κ1) is 40.5. The lowest BCUT2D eigenvalue weighted by Crippen LogP contribution is -2.40. The maximum Gasteiger partial charge on any atom is 0.490 e. The number of rotatable bonds is 17. The Morgan fingerprint density at radius 2 is 1.69 bits per heavy atom. The molecule has 2 aromatic carbocycles. The standard InChI is InChI=1S/C32H49N5O4.C2HF3O2/c1-3-4-16-35-32(33)36-31(39)13-9-25-8-12-29(30(23-25)41-22-5-21-40-2)27-10-6-26(7-11-27)24-34-17-20-37-18-14-28(38)15-19-37;3-2(4,5)1(6)7/h6-8,10-12,23,28,34,38H,3-5,9,13-22,24H2,1-2H3,(H3,33,35,36,39);(H,6,7). The average molecular weight is 682 g/mol. The number of methoxy groups -OCH3 is 1. The number of aliphatic hydroxyl groups is 1. The third kappa shape index (κ3) is 16.4. The Morgan fingerprint density at radius 3 is 2.31 bits per heavy atom. The Labute approximate surface area is 280 Å². The van der Waals surface area contributed by atoms with Gasteiger partial charge in [0, 0.05) is 71.4 Å². The molecule has 268 valence electrons. The number of alkyl halides is 3. The van der Waals surface area contributed by atoms with Crippen molar-refractivity contribution in [2.75, 3.05) is 53.0 Å². The smallest absolute Gasteiger partial charge is 0.490 e. The monoisotopic (exact) mass is 681 g/mol. The van der Waals surface area contributed by atoms with Crippen LogP contribution in [0.5, 0.6) is 5.75 Å². The van der Waals surface area contributed by atoms with Crippen molar-refractivity contribution in [2.24, 2.45) is 0 Å². The molecule has 1 amide bonds. The SMILES string of the molecule is CCCCNC(=N)NC(=O)CCc1ccc(-c2ccc(CNCCN3CCC(O)CC3)cc2)c(OCCCOC)c1.O=C(O)C(F)(F)F. The van der Waals surface area contributed by atoms with Crippen LogP contribution < -0.4 is 20.7 Å². The van der Waals surface area contributed by atoms with Gasteiger partial charge in [0.05, 0.1) is 12.7 Å². The van der Waals surface area contributed by atoms with E-state index in [1.165, 1.54) is 5.56 Å². The lowest BCUT2D eigenvalue weighted by molar-refractivity contribution is -0.192. The number of carbonyl (C=O) groups excluding carboxylic acids is 1. The molecule has 1 aliphatic rings. The number of nitrogens with zero attached hydrogens (tertiary/aromatic N) is 1. The summed E-state index contributed by atoms with van der Waals surface area (Å²) in [5.74, 6) is -2.08. The highest BCUT2D eigenvalue weighted by Gasteiger charge is 2.38. The number of likely N-dealkylation sites (tertiary alicyclic amines) is 1. The highest BCUT2D eigenvalue weighted by atomic mass is 19.4. The van der Waals surface area contributed by atoms with Gasteiger partial charge in [-0.3, -0.25) is 15.5 Å². The van der Waals surface area contributed by atoms with E-state index in [0.29, 0.717) is 32.6 Å². The molecule has 1 fully saturated rings. The summed E-state index contributed by atoms with van der Waals surface area (Å²) in [7, 11) is 1.69. The number of hydrogen-bond donors (Lipinski definition) is 6. The van der Waals surface area contributed by atoms with E-state index < -0.39 is 12.1 Å². The van der Waals surface area contributed by atoms with Gasteiger partial charge in [-0.1, -0.05) is 49.7 Å². The number of carboxylic acid groups (broad SMARTS) is 1. The minimum atomic E-state index is -5.08. The molecule has 0 spiro atoms. The minimum Gasteiger partial charge on any atom is -0.493 e. The van der Waals surface area contributed by atoms with E-state index in [2.05, 4.69) is 58.1 Å². The number of benzene rings is 2. The zero-order valence-corrected chi connectivity index (χ0v) is 27.8. The number of unbranched alkanes of at least 4 members (excludes halogenated alkanes) is 1. The lowest BCUT2D eigenvalue weighted by atomic mass is 9.99. The van der Waals surface area contributed by atoms with Crippen LogP contribution in [0.15, 0.2) is 42.5 Å². The van der Waals surface area contributed by atoms with Crippen molar-refractivity contribution in [2.45, 2.75) is 70.7 Å². The molecule has 0 unspecified atom stereocenters. The number of halogens is 3. The number of aliphatic carboxylic acids is 1. The molecule has 48 heavy (non-hydrogen) atoms. The molecule has 0 radical (unpaired) electrons. The summed E-state index contributed by atoms with van der Waals surface area (Å²) >= 11 is 0. The Kier molecular flexibility index (Phi) is 18.6. The van der Waals surface area contributed by atoms with Crippen molar-refractivity contribution in [1.82, 2.24) is 20.9 Å². The van der Waals surface area contributed by atoms with Gasteiger partial charge in [0.25, 0.3) is 0 Å². The van der Waals surface area contributed by atoms with E-state index in [9.17, 15) is 23.1 Å². The number of aliphatic hydroxyl groups excluding tert-OH is 1. The number of amides is 1. The molecule has 1 heterocycles. The van der Waals surface area contributed by atoms with Crippen LogP contribution in [0.25, 0.3) is 11.1 Å². The fourth-order valence-electron chi connectivity index (χ4n) is 4.77. The second-order valence-electron chi connectivity index (χ2n) is 11.5. The third-order valence-electron chi connectivity index (χ3n) is 7.53. The predicted octanol–water partition coefficient (Wildman–Crippen LogP) is 4.32. The summed E-state index contributed by atoms with van der Waals surface area (Å²) in [4.78, 5) is 23.6. The summed E-state index contributed by atoms with van der Waals surface area (Å²) in [5, 5.41) is 33.7. The molecule has 0 aromatic heterocycles. The van der Waals surface area contributed by atoms with E-state index in [4.69, 9.17) is 24.8 Å². The first-order valence-electron chi connectivity index (χ1n) is 16.3. The van der Waals surface area contributed by atoms with Crippen molar-refractivity contribution in [1.29, 1.82) is 5.41 Å². The molecule has 0 atom stereocenters. The van der Waals surface area contributed by atoms with Crippen LogP contribution in [-0.2, 0) is 27.3 Å². The zero-order valence-electron chi connectivity index (χ0n) is 27.8. The zero-order chi connectivity index (χ0) is 35.4. The first-order chi connectivity index (χ1) is 22.9. The highest BCUT2D eigenvalue weighted by Crippen LogP contribution is 2.32. The van der Waals surface area contributed by atoms with Crippen molar-refractivity contribution in [3.8, 4) is 16.9 Å². The van der Waals surface area contributed by atoms with Gasteiger partial charge < -0.3 is 35.2 Å². The summed E-state index contributed by atoms with van der Waals surface area (Å²) in [6, 6.07) is 14.7. The van der Waals surface area contributed by atoms with Gasteiger partial charge in [0.15, 0.2) is 5.96 Å². The second kappa shape index (κ2) is 22.0. The molecule has 2 aromatic rings. The van der Waals surface area contributed by atoms with Crippen molar-refractivity contribution >= 4 is 17.8 Å². The third-order valence-corrected chi connectivity index (χ3v) is 7.53. The van der Waals surface area contributed by atoms with Gasteiger partial charge in [0.1, 0.15) is 5.75 Å². The van der Waals surface area contributed by atoms with E-state index in [1.54, 1.807) is 7.11 Å². The summed E-state index contributed by atoms with van der Waals surface area (Å²) in [5.41, 5.74) is 4.34. The van der Waals surface area contributed by atoms with E-state index >= 15 is 0 Å². The van der Waals surface area contributed by atoms with Crippen LogP contribution in [0.4, 0.5) is 13.2 Å². The number of nitrogens with one attached hydrogen (secondary N) is 4. The molecule has 1 saturated heterocycles. The normalized spacial score (nSPS) is 13.7. The van der Waals surface area contributed by atoms with Gasteiger partial charge >= 0.3 is 12.1 Å². The number of aryl methyl sites for hydroxylation is 1. The number of ether oxygens (including phenoxy) is 2. The first-order valence-corrected chi connectivity index (χ1v) is 16.3. The van der Waals surface area contributed by atoms with Crippen LogP contribution >= 0.6 is 0 Å². The van der Waals surface area contributed by atoms with Gasteiger partial charge in [-0.25, -0.2) is 4.79 Å². The molecular formula is C34H50F3N5O6. The molecule has 0 aliphatic carbocycles. The summed E-state index contributed by atoms with van der Waals surface area (Å²) in [6.07, 6.45) is 0.176. The number of carboxylic acids is 1. The quantitative estimate of drug-likeness (QED) is 0.0814.